The number of carboxylic acids is 1. The maximum Gasteiger partial charge on any atom is 0.326 e. The van der Waals surface area contributed by atoms with Crippen LogP contribution in [-0.2, 0) is 16.1 Å². The van der Waals surface area contributed by atoms with Gasteiger partial charge in [-0.05, 0) is 19.8 Å². The highest BCUT2D eigenvalue weighted by atomic mass is 32.1. The molecule has 0 saturated carbocycles. The van der Waals surface area contributed by atoms with Crippen molar-refractivity contribution in [3.8, 4) is 0 Å². The van der Waals surface area contributed by atoms with Gasteiger partial charge < -0.3 is 20.5 Å². The number of ether oxygens (including phenoxy) is 1. The molecule has 0 aliphatic heterocycles. The third kappa shape index (κ3) is 5.98. The SMILES string of the molecule is COCCCC(NC(=O)NCc1ncc(C)s1)C(=O)O. The number of aromatic nitrogens is 1. The van der Waals surface area contributed by atoms with E-state index in [0.717, 1.165) is 9.88 Å². The van der Waals surface area contributed by atoms with Crippen molar-refractivity contribution >= 4 is 23.3 Å². The topological polar surface area (TPSA) is 101 Å². The van der Waals surface area contributed by atoms with E-state index in [4.69, 9.17) is 9.84 Å². The van der Waals surface area contributed by atoms with Crippen LogP contribution in [-0.4, -0.2) is 41.8 Å². The summed E-state index contributed by atoms with van der Waals surface area (Å²) in [5.74, 6) is -1.05. The Morgan fingerprint density at radius 1 is 1.55 bits per heavy atom. The summed E-state index contributed by atoms with van der Waals surface area (Å²) in [4.78, 5) is 27.8. The van der Waals surface area contributed by atoms with E-state index in [1.807, 2.05) is 6.92 Å². The summed E-state index contributed by atoms with van der Waals surface area (Å²) in [6, 6.07) is -1.43. The lowest BCUT2D eigenvalue weighted by Gasteiger charge is -2.14. The van der Waals surface area contributed by atoms with E-state index in [-0.39, 0.29) is 6.54 Å². The van der Waals surface area contributed by atoms with Gasteiger partial charge in [0.05, 0.1) is 6.54 Å². The molecular weight excluding hydrogens is 282 g/mol. The number of nitrogens with zero attached hydrogens (tertiary/aromatic N) is 1. The number of nitrogens with one attached hydrogen (secondary N) is 2. The van der Waals surface area contributed by atoms with Crippen LogP contribution in [0.2, 0.25) is 0 Å². The summed E-state index contributed by atoms with van der Waals surface area (Å²) >= 11 is 1.49. The van der Waals surface area contributed by atoms with Crippen LogP contribution in [0.1, 0.15) is 22.7 Å². The molecule has 1 aromatic heterocycles. The Bertz CT molecular complexity index is 450. The molecule has 3 N–H and O–H groups in total. The van der Waals surface area contributed by atoms with Crippen molar-refractivity contribution < 1.29 is 19.4 Å². The third-order valence-corrected chi connectivity index (χ3v) is 3.43. The van der Waals surface area contributed by atoms with Gasteiger partial charge in [0.15, 0.2) is 0 Å². The maximum absolute atomic E-state index is 11.6. The molecule has 0 aliphatic rings. The second kappa shape index (κ2) is 8.49. The Labute approximate surface area is 121 Å². The summed E-state index contributed by atoms with van der Waals surface area (Å²) < 4.78 is 4.86. The highest BCUT2D eigenvalue weighted by molar-refractivity contribution is 7.11. The third-order valence-electron chi connectivity index (χ3n) is 2.51. The van der Waals surface area contributed by atoms with Gasteiger partial charge in [0, 0.05) is 24.8 Å². The summed E-state index contributed by atoms with van der Waals surface area (Å²) in [7, 11) is 1.55. The second-order valence-electron chi connectivity index (χ2n) is 4.22. The number of rotatable bonds is 8. The molecular formula is C12H19N3O4S. The van der Waals surface area contributed by atoms with Gasteiger partial charge in [0.1, 0.15) is 11.0 Å². The van der Waals surface area contributed by atoms with Crippen molar-refractivity contribution in [3.05, 3.63) is 16.1 Å². The molecule has 2 amide bonds. The number of hydrogen-bond donors (Lipinski definition) is 3. The minimum absolute atomic E-state index is 0.286. The normalized spacial score (nSPS) is 11.9. The van der Waals surface area contributed by atoms with E-state index in [2.05, 4.69) is 15.6 Å². The summed E-state index contributed by atoms with van der Waals surface area (Å²) in [6.45, 7) is 2.68. The van der Waals surface area contributed by atoms with E-state index in [1.54, 1.807) is 13.3 Å². The minimum atomic E-state index is -1.05. The first-order chi connectivity index (χ1) is 9.52. The van der Waals surface area contributed by atoms with E-state index >= 15 is 0 Å². The largest absolute Gasteiger partial charge is 0.480 e. The van der Waals surface area contributed by atoms with Crippen LogP contribution in [0.3, 0.4) is 0 Å². The van der Waals surface area contributed by atoms with Gasteiger partial charge in [-0.15, -0.1) is 11.3 Å². The number of aryl methyl sites for hydroxylation is 1. The Kier molecular flexibility index (Phi) is 6.96. The van der Waals surface area contributed by atoms with Gasteiger partial charge in [0.2, 0.25) is 0 Å². The van der Waals surface area contributed by atoms with Crippen molar-refractivity contribution in [3.63, 3.8) is 0 Å². The van der Waals surface area contributed by atoms with Crippen LogP contribution < -0.4 is 10.6 Å². The minimum Gasteiger partial charge on any atom is -0.480 e. The predicted octanol–water partition coefficient (Wildman–Crippen LogP) is 1.13. The summed E-state index contributed by atoms with van der Waals surface area (Å²) in [6.07, 6.45) is 2.62. The smallest absolute Gasteiger partial charge is 0.326 e. The first-order valence-electron chi connectivity index (χ1n) is 6.20. The first-order valence-corrected chi connectivity index (χ1v) is 7.02. The standard InChI is InChI=1S/C12H19N3O4S/c1-8-6-13-10(20-8)7-14-12(18)15-9(11(16)17)4-3-5-19-2/h6,9H,3-5,7H2,1-2H3,(H,16,17)(H2,14,15,18). The average molecular weight is 301 g/mol. The Balaban J connectivity index is 2.35. The van der Waals surface area contributed by atoms with Crippen LogP contribution in [0.4, 0.5) is 4.79 Å². The van der Waals surface area contributed by atoms with Gasteiger partial charge in [0.25, 0.3) is 0 Å². The fourth-order valence-corrected chi connectivity index (χ4v) is 2.26. The highest BCUT2D eigenvalue weighted by Crippen LogP contribution is 2.10. The van der Waals surface area contributed by atoms with E-state index in [9.17, 15) is 9.59 Å². The Hall–Kier alpha value is -1.67. The summed E-state index contributed by atoms with van der Waals surface area (Å²) in [5.41, 5.74) is 0. The van der Waals surface area contributed by atoms with Gasteiger partial charge in [-0.2, -0.15) is 0 Å². The highest BCUT2D eigenvalue weighted by Gasteiger charge is 2.19. The quantitative estimate of drug-likeness (QED) is 0.625. The second-order valence-corrected chi connectivity index (χ2v) is 5.54. The number of thiazole rings is 1. The molecule has 1 aromatic rings. The van der Waals surface area contributed by atoms with Crippen LogP contribution in [0.5, 0.6) is 0 Å². The summed E-state index contributed by atoms with van der Waals surface area (Å²) in [5, 5.41) is 14.8. The number of carbonyl (C=O) groups is 2. The zero-order valence-electron chi connectivity index (χ0n) is 11.5. The molecule has 1 heterocycles. The van der Waals surface area contributed by atoms with Gasteiger partial charge >= 0.3 is 12.0 Å². The molecule has 0 fully saturated rings. The predicted molar refractivity (Wildman–Crippen MR) is 74.8 cm³/mol. The number of methoxy groups -OCH3 is 1. The van der Waals surface area contributed by atoms with Crippen LogP contribution in [0, 0.1) is 6.92 Å². The van der Waals surface area contributed by atoms with Crippen molar-refractivity contribution in [1.29, 1.82) is 0 Å². The zero-order chi connectivity index (χ0) is 15.0. The molecule has 0 bridgehead atoms. The fourth-order valence-electron chi connectivity index (χ4n) is 1.54. The molecule has 0 spiro atoms. The zero-order valence-corrected chi connectivity index (χ0v) is 12.3. The molecule has 0 aromatic carbocycles. The van der Waals surface area contributed by atoms with Gasteiger partial charge in [-0.25, -0.2) is 14.6 Å². The van der Waals surface area contributed by atoms with E-state index < -0.39 is 18.0 Å². The lowest BCUT2D eigenvalue weighted by atomic mass is 10.1. The van der Waals surface area contributed by atoms with Crippen LogP contribution >= 0.6 is 11.3 Å². The molecule has 112 valence electrons. The Morgan fingerprint density at radius 3 is 2.85 bits per heavy atom. The average Bonchev–Trinajstić information content (AvgIpc) is 2.81. The maximum atomic E-state index is 11.6. The Morgan fingerprint density at radius 2 is 2.30 bits per heavy atom. The molecule has 1 atom stereocenters. The molecule has 1 rings (SSSR count). The molecule has 1 unspecified atom stereocenters. The van der Waals surface area contributed by atoms with Crippen molar-refractivity contribution in [2.75, 3.05) is 13.7 Å². The fraction of sp³-hybridized carbons (Fsp3) is 0.583. The molecule has 0 radical (unpaired) electrons. The lowest BCUT2D eigenvalue weighted by molar-refractivity contribution is -0.139. The number of carboxylic acid groups (broad SMARTS) is 1. The van der Waals surface area contributed by atoms with Crippen molar-refractivity contribution in [2.45, 2.75) is 32.4 Å². The monoisotopic (exact) mass is 301 g/mol. The van der Waals surface area contributed by atoms with Gasteiger partial charge in [-0.3, -0.25) is 0 Å². The van der Waals surface area contributed by atoms with Crippen LogP contribution in [0.25, 0.3) is 0 Å². The van der Waals surface area contributed by atoms with E-state index in [1.165, 1.54) is 11.3 Å². The number of hydrogen-bond acceptors (Lipinski definition) is 5. The lowest BCUT2D eigenvalue weighted by Crippen LogP contribution is -2.45. The van der Waals surface area contributed by atoms with Gasteiger partial charge in [-0.1, -0.05) is 0 Å². The molecule has 8 heteroatoms. The first kappa shape index (κ1) is 16.4. The molecule has 0 aliphatic carbocycles. The number of urea groups is 1. The van der Waals surface area contributed by atoms with Crippen molar-refractivity contribution in [1.82, 2.24) is 15.6 Å². The molecule has 0 saturated heterocycles. The van der Waals surface area contributed by atoms with Crippen molar-refractivity contribution in [2.24, 2.45) is 0 Å². The van der Waals surface area contributed by atoms with E-state index in [0.29, 0.717) is 19.4 Å². The number of aliphatic carboxylic acids is 1. The number of amides is 2. The number of carbonyl (C=O) groups excluding carboxylic acids is 1. The molecule has 7 nitrogen and oxygen atoms in total. The van der Waals surface area contributed by atoms with Crippen LogP contribution in [0.15, 0.2) is 6.20 Å². The molecule has 20 heavy (non-hydrogen) atoms.